The highest BCUT2D eigenvalue weighted by atomic mass is 32.2. The lowest BCUT2D eigenvalue weighted by atomic mass is 10.1. The minimum absolute atomic E-state index is 0.139. The number of hydrogen-bond donors (Lipinski definition) is 1. The summed E-state index contributed by atoms with van der Waals surface area (Å²) in [6, 6.07) is 13.4. The summed E-state index contributed by atoms with van der Waals surface area (Å²) in [4.78, 5) is 25.6. The number of anilines is 1. The first-order valence-corrected chi connectivity index (χ1v) is 10.6. The molecule has 0 bridgehead atoms. The number of methoxy groups -OCH3 is 2. The van der Waals surface area contributed by atoms with Gasteiger partial charge in [0, 0.05) is 18.7 Å². The monoisotopic (exact) mass is 438 g/mol. The van der Waals surface area contributed by atoms with Gasteiger partial charge in [-0.3, -0.25) is 4.79 Å². The Morgan fingerprint density at radius 1 is 1.07 bits per heavy atom. The molecule has 2 aromatic carbocycles. The fourth-order valence-corrected chi connectivity index (χ4v) is 4.63. The van der Waals surface area contributed by atoms with Crippen molar-refractivity contribution in [2.75, 3.05) is 19.5 Å². The van der Waals surface area contributed by atoms with E-state index < -0.39 is 0 Å². The van der Waals surface area contributed by atoms with E-state index in [1.165, 1.54) is 30.0 Å². The minimum Gasteiger partial charge on any atom is -0.497 e. The van der Waals surface area contributed by atoms with Gasteiger partial charge in [0.15, 0.2) is 10.3 Å². The highest BCUT2D eigenvalue weighted by Gasteiger charge is 2.12. The maximum Gasteiger partial charge on any atom is 0.223 e. The molecule has 0 atom stereocenters. The normalized spacial score (nSPS) is 10.8. The van der Waals surface area contributed by atoms with E-state index in [4.69, 9.17) is 14.5 Å². The molecule has 152 valence electrons. The van der Waals surface area contributed by atoms with Gasteiger partial charge in [-0.2, -0.15) is 0 Å². The zero-order chi connectivity index (χ0) is 21.1. The lowest BCUT2D eigenvalue weighted by Gasteiger charge is -2.09. The first-order chi connectivity index (χ1) is 14.6. The summed E-state index contributed by atoms with van der Waals surface area (Å²) in [6.07, 6.45) is 1.73. The number of carbonyl (C=O) groups is 1. The number of hydrogen-bond acceptors (Lipinski definition) is 8. The van der Waals surface area contributed by atoms with Crippen molar-refractivity contribution in [1.82, 2.24) is 15.0 Å². The molecule has 0 unspecified atom stereocenters. The third-order valence-electron chi connectivity index (χ3n) is 4.17. The van der Waals surface area contributed by atoms with Crippen molar-refractivity contribution >= 4 is 44.4 Å². The molecule has 0 spiro atoms. The molecule has 0 fully saturated rings. The minimum atomic E-state index is -0.139. The number of rotatable bonds is 6. The summed E-state index contributed by atoms with van der Waals surface area (Å²) in [7, 11) is 3.25. The predicted octanol–water partition coefficient (Wildman–Crippen LogP) is 4.88. The number of benzene rings is 2. The average Bonchev–Trinajstić information content (AvgIpc) is 3.14. The Labute approximate surface area is 181 Å². The van der Waals surface area contributed by atoms with E-state index in [9.17, 15) is 4.79 Å². The van der Waals surface area contributed by atoms with E-state index in [1.54, 1.807) is 20.4 Å². The molecule has 7 nitrogen and oxygen atoms in total. The number of fused-ring (bicyclic) bond motifs is 1. The van der Waals surface area contributed by atoms with E-state index >= 15 is 0 Å². The molecule has 4 rings (SSSR count). The number of amides is 1. The van der Waals surface area contributed by atoms with Gasteiger partial charge in [-0.05, 0) is 48.2 Å². The van der Waals surface area contributed by atoms with Gasteiger partial charge in [0.1, 0.15) is 11.5 Å². The summed E-state index contributed by atoms with van der Waals surface area (Å²) in [5.74, 6) is 1.33. The third-order valence-corrected chi connectivity index (χ3v) is 6.02. The summed E-state index contributed by atoms with van der Waals surface area (Å²) in [5, 5.41) is 3.91. The van der Waals surface area contributed by atoms with E-state index in [2.05, 4.69) is 15.3 Å². The van der Waals surface area contributed by atoms with Crippen molar-refractivity contribution in [2.24, 2.45) is 0 Å². The van der Waals surface area contributed by atoms with E-state index in [-0.39, 0.29) is 5.91 Å². The summed E-state index contributed by atoms with van der Waals surface area (Å²) >= 11 is 2.84. The Hall–Kier alpha value is -3.17. The Bertz CT molecular complexity index is 1230. The van der Waals surface area contributed by atoms with Gasteiger partial charge in [0.05, 0.1) is 35.0 Å². The first-order valence-electron chi connectivity index (χ1n) is 8.97. The van der Waals surface area contributed by atoms with Crippen LogP contribution in [0.5, 0.6) is 11.5 Å². The number of nitrogens with one attached hydrogen (secondary N) is 1. The largest absolute Gasteiger partial charge is 0.497 e. The molecule has 0 aliphatic rings. The van der Waals surface area contributed by atoms with Crippen molar-refractivity contribution in [3.63, 3.8) is 0 Å². The SMILES string of the molecule is COc1ccc(OC)c(Sc2nccc(-c3ccc4nc(NC(C)=O)sc4c3)n2)c1. The van der Waals surface area contributed by atoms with Gasteiger partial charge in [-0.25, -0.2) is 15.0 Å². The van der Waals surface area contributed by atoms with Crippen LogP contribution in [0.1, 0.15) is 6.92 Å². The van der Waals surface area contributed by atoms with Gasteiger partial charge in [-0.15, -0.1) is 0 Å². The summed E-state index contributed by atoms with van der Waals surface area (Å²) < 4.78 is 11.7. The number of nitrogens with zero attached hydrogens (tertiary/aromatic N) is 3. The molecule has 1 N–H and O–H groups in total. The number of ether oxygens (including phenoxy) is 2. The van der Waals surface area contributed by atoms with Crippen LogP contribution < -0.4 is 14.8 Å². The van der Waals surface area contributed by atoms with Crippen molar-refractivity contribution < 1.29 is 14.3 Å². The molecule has 2 heterocycles. The maximum atomic E-state index is 11.3. The van der Waals surface area contributed by atoms with Gasteiger partial charge < -0.3 is 14.8 Å². The second kappa shape index (κ2) is 8.68. The molecule has 4 aromatic rings. The van der Waals surface area contributed by atoms with E-state index in [1.807, 2.05) is 42.5 Å². The molecule has 0 radical (unpaired) electrons. The van der Waals surface area contributed by atoms with Crippen LogP contribution in [0.4, 0.5) is 5.13 Å². The fraction of sp³-hybridized carbons (Fsp3) is 0.143. The van der Waals surface area contributed by atoms with Crippen LogP contribution in [-0.4, -0.2) is 35.1 Å². The number of carbonyl (C=O) groups excluding carboxylic acids is 1. The quantitative estimate of drug-likeness (QED) is 0.429. The third kappa shape index (κ3) is 4.37. The molecule has 30 heavy (non-hydrogen) atoms. The van der Waals surface area contributed by atoms with Gasteiger partial charge >= 0.3 is 0 Å². The highest BCUT2D eigenvalue weighted by Crippen LogP contribution is 2.37. The molecular formula is C21H18N4O3S2. The number of thiazole rings is 1. The molecule has 1 amide bonds. The Kier molecular flexibility index (Phi) is 5.82. The standard InChI is InChI=1S/C21H18N4O3S2/c1-12(26)23-21-25-16-6-4-13(10-18(16)29-21)15-8-9-22-20(24-15)30-19-11-14(27-2)5-7-17(19)28-3/h4-11H,1-3H3,(H,23,25,26). The lowest BCUT2D eigenvalue weighted by molar-refractivity contribution is -0.114. The van der Waals surface area contributed by atoms with Crippen molar-refractivity contribution in [1.29, 1.82) is 0 Å². The Morgan fingerprint density at radius 2 is 1.93 bits per heavy atom. The van der Waals surface area contributed by atoms with Crippen LogP contribution in [0.15, 0.2) is 58.7 Å². The first kappa shape index (κ1) is 20.1. The second-order valence-electron chi connectivity index (χ2n) is 6.23. The second-order valence-corrected chi connectivity index (χ2v) is 8.27. The van der Waals surface area contributed by atoms with Crippen LogP contribution in [0, 0.1) is 0 Å². The molecule has 0 saturated heterocycles. The van der Waals surface area contributed by atoms with Gasteiger partial charge in [0.2, 0.25) is 5.91 Å². The topological polar surface area (TPSA) is 86.2 Å². The van der Waals surface area contributed by atoms with Crippen LogP contribution in [0.2, 0.25) is 0 Å². The lowest BCUT2D eigenvalue weighted by Crippen LogP contribution is -2.04. The van der Waals surface area contributed by atoms with Crippen LogP contribution >= 0.6 is 23.1 Å². The van der Waals surface area contributed by atoms with Crippen molar-refractivity contribution in [3.05, 3.63) is 48.7 Å². The van der Waals surface area contributed by atoms with Crippen LogP contribution in [0.3, 0.4) is 0 Å². The highest BCUT2D eigenvalue weighted by molar-refractivity contribution is 7.99. The molecule has 0 saturated carbocycles. The van der Waals surface area contributed by atoms with Crippen molar-refractivity contribution in [3.8, 4) is 22.8 Å². The average molecular weight is 439 g/mol. The van der Waals surface area contributed by atoms with Gasteiger partial charge in [0.25, 0.3) is 0 Å². The fourth-order valence-electron chi connectivity index (χ4n) is 2.80. The molecule has 9 heteroatoms. The smallest absolute Gasteiger partial charge is 0.223 e. The van der Waals surface area contributed by atoms with E-state index in [0.29, 0.717) is 10.3 Å². The zero-order valence-electron chi connectivity index (χ0n) is 16.5. The van der Waals surface area contributed by atoms with E-state index in [0.717, 1.165) is 37.9 Å². The predicted molar refractivity (Wildman–Crippen MR) is 119 cm³/mol. The van der Waals surface area contributed by atoms with Crippen molar-refractivity contribution in [2.45, 2.75) is 17.0 Å². The molecule has 0 aliphatic carbocycles. The van der Waals surface area contributed by atoms with Gasteiger partial charge in [-0.1, -0.05) is 17.4 Å². The summed E-state index contributed by atoms with van der Waals surface area (Å²) in [6.45, 7) is 1.47. The molecular weight excluding hydrogens is 420 g/mol. The summed E-state index contributed by atoms with van der Waals surface area (Å²) in [5.41, 5.74) is 2.57. The maximum absolute atomic E-state index is 11.3. The number of aromatic nitrogens is 3. The molecule has 0 aliphatic heterocycles. The Balaban J connectivity index is 1.64. The Morgan fingerprint density at radius 3 is 2.70 bits per heavy atom. The van der Waals surface area contributed by atoms with Crippen LogP contribution in [0.25, 0.3) is 21.5 Å². The zero-order valence-corrected chi connectivity index (χ0v) is 18.1. The molecule has 2 aromatic heterocycles. The van der Waals surface area contributed by atoms with Crippen LogP contribution in [-0.2, 0) is 4.79 Å².